The van der Waals surface area contributed by atoms with E-state index in [4.69, 9.17) is 0 Å². The third-order valence-corrected chi connectivity index (χ3v) is 4.72. The van der Waals surface area contributed by atoms with Crippen LogP contribution in [0.1, 0.15) is 17.7 Å². The summed E-state index contributed by atoms with van der Waals surface area (Å²) >= 11 is 0. The van der Waals surface area contributed by atoms with Crippen molar-refractivity contribution in [2.45, 2.75) is 32.5 Å². The largest absolute Gasteiger partial charge is 0.433 e. The molecule has 0 bridgehead atoms. The molecule has 6 nitrogen and oxygen atoms in total. The molecule has 1 aliphatic heterocycles. The number of guanidine groups is 1. The van der Waals surface area contributed by atoms with Crippen LogP contribution in [0.4, 0.5) is 14.5 Å². The molecule has 2 N–H and O–H groups in total. The Bertz CT molecular complexity index is 815. The highest BCUT2D eigenvalue weighted by Crippen LogP contribution is 2.31. The van der Waals surface area contributed by atoms with Crippen molar-refractivity contribution in [3.8, 4) is 5.75 Å². The zero-order valence-corrected chi connectivity index (χ0v) is 16.0. The van der Waals surface area contributed by atoms with E-state index < -0.39 is 6.61 Å². The predicted octanol–water partition coefficient (Wildman–Crippen LogP) is 2.94. The molecule has 0 radical (unpaired) electrons. The van der Waals surface area contributed by atoms with Crippen molar-refractivity contribution >= 4 is 11.6 Å². The van der Waals surface area contributed by atoms with E-state index in [-0.39, 0.29) is 11.8 Å². The van der Waals surface area contributed by atoms with Crippen LogP contribution in [0.3, 0.4) is 0 Å². The van der Waals surface area contributed by atoms with Gasteiger partial charge in [0.2, 0.25) is 0 Å². The second-order valence-corrected chi connectivity index (χ2v) is 6.61. The maximum atomic E-state index is 12.7. The molecule has 1 aromatic carbocycles. The normalized spacial score (nSPS) is 17.1. The van der Waals surface area contributed by atoms with Gasteiger partial charge in [-0.15, -0.1) is 0 Å². The van der Waals surface area contributed by atoms with Crippen molar-refractivity contribution in [3.05, 3.63) is 53.9 Å². The van der Waals surface area contributed by atoms with Gasteiger partial charge in [-0.1, -0.05) is 18.2 Å². The molecule has 1 aliphatic rings. The zero-order valence-electron chi connectivity index (χ0n) is 16.0. The molecule has 3 rings (SSSR count). The summed E-state index contributed by atoms with van der Waals surface area (Å²) in [6.07, 6.45) is 2.64. The van der Waals surface area contributed by atoms with Gasteiger partial charge in [0, 0.05) is 32.4 Å². The van der Waals surface area contributed by atoms with Gasteiger partial charge in [0.25, 0.3) is 0 Å². The van der Waals surface area contributed by atoms with Crippen LogP contribution in [0.15, 0.2) is 47.6 Å². The summed E-state index contributed by atoms with van der Waals surface area (Å²) < 4.78 is 30.0. The zero-order chi connectivity index (χ0) is 19.9. The lowest BCUT2D eigenvalue weighted by molar-refractivity contribution is -0.0495. The second-order valence-electron chi connectivity index (χ2n) is 6.61. The maximum Gasteiger partial charge on any atom is 0.387 e. The molecule has 2 aromatic rings. The van der Waals surface area contributed by atoms with Crippen molar-refractivity contribution in [1.82, 2.24) is 15.6 Å². The molecular formula is C20H25F2N5O. The van der Waals surface area contributed by atoms with E-state index in [0.717, 1.165) is 24.2 Å². The number of ether oxygens (including phenoxy) is 1. The summed E-state index contributed by atoms with van der Waals surface area (Å²) in [5, 5.41) is 6.68. The highest BCUT2D eigenvalue weighted by molar-refractivity contribution is 5.80. The minimum atomic E-state index is -2.84. The quantitative estimate of drug-likeness (QED) is 0.588. The van der Waals surface area contributed by atoms with Gasteiger partial charge in [0.05, 0.1) is 17.9 Å². The molecule has 0 aliphatic carbocycles. The number of rotatable bonds is 6. The van der Waals surface area contributed by atoms with Gasteiger partial charge < -0.3 is 20.3 Å². The Morgan fingerprint density at radius 1 is 1.32 bits per heavy atom. The number of benzene rings is 1. The molecule has 28 heavy (non-hydrogen) atoms. The maximum absolute atomic E-state index is 12.7. The molecule has 1 aromatic heterocycles. The number of para-hydroxylation sites is 2. The number of nitrogens with zero attached hydrogens (tertiary/aromatic N) is 3. The van der Waals surface area contributed by atoms with Gasteiger partial charge in [0.15, 0.2) is 5.96 Å². The molecule has 1 atom stereocenters. The van der Waals surface area contributed by atoms with E-state index >= 15 is 0 Å². The molecule has 0 saturated carbocycles. The van der Waals surface area contributed by atoms with Crippen molar-refractivity contribution in [3.63, 3.8) is 0 Å². The first-order valence-corrected chi connectivity index (χ1v) is 9.23. The Hall–Kier alpha value is -2.90. The standard InChI is InChI=1S/C20H25F2N5O/c1-14-6-5-10-24-16(14)12-25-20(23-2)26-15-9-11-27(13-15)17-7-3-4-8-18(17)28-19(21)22/h3-8,10,15,19H,9,11-13H2,1-2H3,(H2,23,25,26). The van der Waals surface area contributed by atoms with E-state index in [2.05, 4.69) is 25.3 Å². The molecule has 0 amide bonds. The summed E-state index contributed by atoms with van der Waals surface area (Å²) in [6, 6.07) is 11.0. The molecular weight excluding hydrogens is 364 g/mol. The van der Waals surface area contributed by atoms with Crippen LogP contribution >= 0.6 is 0 Å². The number of alkyl halides is 2. The fourth-order valence-electron chi connectivity index (χ4n) is 3.27. The van der Waals surface area contributed by atoms with Crippen LogP contribution in [0, 0.1) is 6.92 Å². The number of aliphatic imine (C=N–C) groups is 1. The third kappa shape index (κ3) is 5.09. The lowest BCUT2D eigenvalue weighted by Crippen LogP contribution is -2.44. The highest BCUT2D eigenvalue weighted by atomic mass is 19.3. The minimum absolute atomic E-state index is 0.149. The van der Waals surface area contributed by atoms with Gasteiger partial charge in [-0.05, 0) is 37.1 Å². The average Bonchev–Trinajstić information content (AvgIpc) is 3.14. The Morgan fingerprint density at radius 2 is 2.14 bits per heavy atom. The number of nitrogens with one attached hydrogen (secondary N) is 2. The summed E-state index contributed by atoms with van der Waals surface area (Å²) in [4.78, 5) is 10.7. The number of anilines is 1. The molecule has 2 heterocycles. The van der Waals surface area contributed by atoms with E-state index in [1.807, 2.05) is 30.0 Å². The highest BCUT2D eigenvalue weighted by Gasteiger charge is 2.26. The molecule has 150 valence electrons. The number of aryl methyl sites for hydroxylation is 1. The number of aromatic nitrogens is 1. The molecule has 1 fully saturated rings. The summed E-state index contributed by atoms with van der Waals surface area (Å²) in [6.45, 7) is 1.18. The van der Waals surface area contributed by atoms with Crippen LogP contribution in [-0.2, 0) is 6.54 Å². The molecule has 8 heteroatoms. The van der Waals surface area contributed by atoms with E-state index in [9.17, 15) is 8.78 Å². The molecule has 0 spiro atoms. The topological polar surface area (TPSA) is 61.8 Å². The van der Waals surface area contributed by atoms with Crippen LogP contribution in [0.25, 0.3) is 0 Å². The predicted molar refractivity (Wildman–Crippen MR) is 106 cm³/mol. The summed E-state index contributed by atoms with van der Waals surface area (Å²) in [5.41, 5.74) is 2.77. The third-order valence-electron chi connectivity index (χ3n) is 4.72. The second kappa shape index (κ2) is 9.34. The molecule has 1 saturated heterocycles. The molecule has 1 unspecified atom stereocenters. The smallest absolute Gasteiger partial charge is 0.387 e. The first kappa shape index (κ1) is 19.9. The SMILES string of the molecule is CN=C(NCc1ncccc1C)NC1CCN(c2ccccc2OC(F)F)C1. The van der Waals surface area contributed by atoms with Crippen molar-refractivity contribution in [2.75, 3.05) is 25.0 Å². The minimum Gasteiger partial charge on any atom is -0.433 e. The fourth-order valence-corrected chi connectivity index (χ4v) is 3.27. The Kier molecular flexibility index (Phi) is 6.62. The number of halogens is 2. The summed E-state index contributed by atoms with van der Waals surface area (Å²) in [7, 11) is 1.72. The van der Waals surface area contributed by atoms with E-state index in [1.165, 1.54) is 0 Å². The van der Waals surface area contributed by atoms with Crippen molar-refractivity contribution < 1.29 is 13.5 Å². The van der Waals surface area contributed by atoms with Crippen LogP contribution in [-0.4, -0.2) is 43.7 Å². The van der Waals surface area contributed by atoms with Crippen LogP contribution < -0.4 is 20.3 Å². The number of pyridine rings is 1. The van der Waals surface area contributed by atoms with Crippen LogP contribution in [0.2, 0.25) is 0 Å². The van der Waals surface area contributed by atoms with E-state index in [0.29, 0.717) is 24.7 Å². The monoisotopic (exact) mass is 389 g/mol. The lowest BCUT2D eigenvalue weighted by atomic mass is 10.2. The van der Waals surface area contributed by atoms with Gasteiger partial charge >= 0.3 is 6.61 Å². The first-order valence-electron chi connectivity index (χ1n) is 9.23. The fraction of sp³-hybridized carbons (Fsp3) is 0.400. The Balaban J connectivity index is 1.57. The van der Waals surface area contributed by atoms with Gasteiger partial charge in [0.1, 0.15) is 5.75 Å². The summed E-state index contributed by atoms with van der Waals surface area (Å²) in [5.74, 6) is 0.889. The Morgan fingerprint density at radius 3 is 2.89 bits per heavy atom. The van der Waals surface area contributed by atoms with Gasteiger partial charge in [-0.2, -0.15) is 8.78 Å². The number of hydrogen-bond acceptors (Lipinski definition) is 4. The van der Waals surface area contributed by atoms with Gasteiger partial charge in [-0.25, -0.2) is 0 Å². The Labute approximate surface area is 163 Å². The van der Waals surface area contributed by atoms with Crippen molar-refractivity contribution in [2.24, 2.45) is 4.99 Å². The van der Waals surface area contributed by atoms with Gasteiger partial charge in [-0.3, -0.25) is 9.98 Å². The number of hydrogen-bond donors (Lipinski definition) is 2. The average molecular weight is 389 g/mol. The lowest BCUT2D eigenvalue weighted by Gasteiger charge is -2.22. The van der Waals surface area contributed by atoms with Crippen LogP contribution in [0.5, 0.6) is 5.75 Å². The van der Waals surface area contributed by atoms with Crippen molar-refractivity contribution in [1.29, 1.82) is 0 Å². The van der Waals surface area contributed by atoms with E-state index in [1.54, 1.807) is 31.4 Å². The first-order chi connectivity index (χ1) is 13.6.